The average Bonchev–Trinajstić information content (AvgIpc) is 2.62. The van der Waals surface area contributed by atoms with Gasteiger partial charge in [-0.25, -0.2) is 4.39 Å². The number of piperidine rings is 1. The Morgan fingerprint density at radius 3 is 2.63 bits per heavy atom. The monoisotopic (exact) mass is 410 g/mol. The van der Waals surface area contributed by atoms with Crippen LogP contribution in [-0.4, -0.2) is 44.7 Å². The molecule has 3 fully saturated rings. The van der Waals surface area contributed by atoms with Gasteiger partial charge in [0, 0.05) is 18.4 Å². The number of fused-ring (bicyclic) bond motifs is 3. The highest BCUT2D eigenvalue weighted by Gasteiger charge is 2.62. The van der Waals surface area contributed by atoms with Gasteiger partial charge in [0.2, 0.25) is 0 Å². The molecule has 1 saturated carbocycles. The summed E-state index contributed by atoms with van der Waals surface area (Å²) in [7, 11) is 0. The predicted molar refractivity (Wildman–Crippen MR) is 102 cm³/mol. The lowest BCUT2D eigenvalue weighted by molar-refractivity contribution is -0.155. The third-order valence-corrected chi connectivity index (χ3v) is 7.67. The summed E-state index contributed by atoms with van der Waals surface area (Å²) < 4.78 is 15.1. The van der Waals surface area contributed by atoms with E-state index in [2.05, 4.69) is 6.58 Å². The molecule has 0 radical (unpaired) electrons. The number of ketones is 1. The lowest BCUT2D eigenvalue weighted by atomic mass is 9.67. The molecule has 2 saturated heterocycles. The number of carbonyl (C=O) groups is 2. The summed E-state index contributed by atoms with van der Waals surface area (Å²) >= 11 is 8.03. The van der Waals surface area contributed by atoms with E-state index < -0.39 is 52.5 Å². The second-order valence-corrected chi connectivity index (χ2v) is 8.99. The zero-order chi connectivity index (χ0) is 19.5. The van der Waals surface area contributed by atoms with E-state index in [4.69, 9.17) is 17.3 Å². The normalized spacial score (nSPS) is 38.0. The third-order valence-electron chi connectivity index (χ3n) is 5.91. The van der Waals surface area contributed by atoms with Gasteiger partial charge >= 0.3 is 5.97 Å². The van der Waals surface area contributed by atoms with Crippen molar-refractivity contribution in [2.45, 2.75) is 41.8 Å². The van der Waals surface area contributed by atoms with Gasteiger partial charge in [0.25, 0.3) is 0 Å². The minimum Gasteiger partial charge on any atom is -0.481 e. The van der Waals surface area contributed by atoms with E-state index in [1.54, 1.807) is 0 Å². The molecule has 3 N–H and O–H groups in total. The van der Waals surface area contributed by atoms with Crippen LogP contribution in [0.5, 0.6) is 0 Å². The second-order valence-electron chi connectivity index (χ2n) is 7.29. The fourth-order valence-electron chi connectivity index (χ4n) is 4.59. The Labute approximate surface area is 165 Å². The number of alkyl halides is 2. The molecule has 7 atom stereocenters. The molecule has 0 amide bonds. The van der Waals surface area contributed by atoms with E-state index in [1.807, 2.05) is 29.2 Å². The van der Waals surface area contributed by atoms with Gasteiger partial charge in [-0.2, -0.15) is 0 Å². The molecule has 5 nitrogen and oxygen atoms in total. The number of rotatable bonds is 3. The number of thioether (sulfide) groups is 1. The molecule has 1 aromatic carbocycles. The van der Waals surface area contributed by atoms with Gasteiger partial charge in [-0.3, -0.25) is 9.59 Å². The van der Waals surface area contributed by atoms with Crippen molar-refractivity contribution in [3.63, 3.8) is 0 Å². The second kappa shape index (κ2) is 6.79. The number of benzene rings is 1. The van der Waals surface area contributed by atoms with Crippen LogP contribution in [0.4, 0.5) is 4.39 Å². The summed E-state index contributed by atoms with van der Waals surface area (Å²) in [5.74, 6) is -4.07. The maximum atomic E-state index is 15.1. The average molecular weight is 411 g/mol. The van der Waals surface area contributed by atoms with Crippen molar-refractivity contribution in [1.29, 1.82) is 0 Å². The lowest BCUT2D eigenvalue weighted by Crippen LogP contribution is -2.68. The summed E-state index contributed by atoms with van der Waals surface area (Å²) in [4.78, 5) is 26.3. The number of hydrogen-bond acceptors (Lipinski definition) is 5. The van der Waals surface area contributed by atoms with Crippen molar-refractivity contribution in [2.24, 2.45) is 17.6 Å². The maximum absolute atomic E-state index is 15.1. The minimum absolute atomic E-state index is 0.0268. The van der Waals surface area contributed by atoms with Gasteiger partial charge < -0.3 is 15.7 Å². The third kappa shape index (κ3) is 2.79. The molecule has 144 valence electrons. The number of hydrogen-bond donors (Lipinski definition) is 2. The molecule has 2 aliphatic heterocycles. The van der Waals surface area contributed by atoms with Gasteiger partial charge in [0.15, 0.2) is 5.78 Å². The molecule has 8 heteroatoms. The summed E-state index contributed by atoms with van der Waals surface area (Å²) in [6, 6.07) is 6.92. The van der Waals surface area contributed by atoms with Crippen molar-refractivity contribution in [3.8, 4) is 0 Å². The van der Waals surface area contributed by atoms with Gasteiger partial charge in [0.1, 0.15) is 17.5 Å². The minimum atomic E-state index is -1.32. The van der Waals surface area contributed by atoms with Crippen molar-refractivity contribution in [2.75, 3.05) is 0 Å². The van der Waals surface area contributed by atoms with Crippen LogP contribution in [0, 0.1) is 11.8 Å². The van der Waals surface area contributed by atoms with Crippen molar-refractivity contribution in [1.82, 2.24) is 4.90 Å². The molecular weight excluding hydrogens is 391 g/mol. The van der Waals surface area contributed by atoms with Gasteiger partial charge in [-0.1, -0.05) is 42.6 Å². The standard InChI is InChI=1S/C19H20ClFN2O3S/c1-8-23-16-11(17(24)14(19(25)26)18(23)27-8)6-12(21)13(15(16)20)10-4-2-9(7-22)3-5-10/h2-5,11-16,18H,1,6-7,22H2,(H,25,26). The number of nitrogens with zero attached hydrogens (tertiary/aromatic N) is 1. The molecule has 7 unspecified atom stereocenters. The first-order chi connectivity index (χ1) is 12.8. The van der Waals surface area contributed by atoms with Crippen molar-refractivity contribution in [3.05, 3.63) is 47.0 Å². The van der Waals surface area contributed by atoms with Gasteiger partial charge in [0.05, 0.1) is 16.4 Å². The van der Waals surface area contributed by atoms with E-state index in [9.17, 15) is 14.7 Å². The van der Waals surface area contributed by atoms with Crippen LogP contribution in [-0.2, 0) is 16.1 Å². The van der Waals surface area contributed by atoms with E-state index in [1.165, 1.54) is 11.8 Å². The molecule has 4 rings (SSSR count). The largest absolute Gasteiger partial charge is 0.481 e. The van der Waals surface area contributed by atoms with Crippen molar-refractivity contribution >= 4 is 35.1 Å². The number of carboxylic acids is 1. The highest BCUT2D eigenvalue weighted by Crippen LogP contribution is 2.56. The van der Waals surface area contributed by atoms with Crippen LogP contribution in [0.15, 0.2) is 35.9 Å². The molecule has 27 heavy (non-hydrogen) atoms. The quantitative estimate of drug-likeness (QED) is 0.588. The first-order valence-electron chi connectivity index (χ1n) is 8.82. The van der Waals surface area contributed by atoms with Crippen LogP contribution in [0.25, 0.3) is 0 Å². The Bertz CT molecular complexity index is 805. The predicted octanol–water partition coefficient (Wildman–Crippen LogP) is 2.69. The number of Topliss-reactive ketones (excluding diaryl/α,β-unsaturated/α-hetero) is 1. The SMILES string of the molecule is C=C1SC2C(C(=O)O)C(=O)C3CC(F)C(c4ccc(CN)cc4)C(Cl)C3N12. The Morgan fingerprint density at radius 2 is 2.07 bits per heavy atom. The molecular formula is C19H20ClFN2O3S. The summed E-state index contributed by atoms with van der Waals surface area (Å²) in [6.07, 6.45) is -1.35. The number of carbonyl (C=O) groups excluding carboxylic acids is 1. The van der Waals surface area contributed by atoms with E-state index in [0.29, 0.717) is 11.6 Å². The van der Waals surface area contributed by atoms with Crippen LogP contribution in [0.1, 0.15) is 23.5 Å². The highest BCUT2D eigenvalue weighted by molar-refractivity contribution is 8.05. The fraction of sp³-hybridized carbons (Fsp3) is 0.474. The zero-order valence-electron chi connectivity index (χ0n) is 14.4. The van der Waals surface area contributed by atoms with E-state index in [0.717, 1.165) is 11.1 Å². The summed E-state index contributed by atoms with van der Waals surface area (Å²) in [5, 5.41) is 9.00. The number of halogens is 2. The van der Waals surface area contributed by atoms with Crippen LogP contribution in [0.2, 0.25) is 0 Å². The molecule has 0 aromatic heterocycles. The highest BCUT2D eigenvalue weighted by atomic mass is 35.5. The molecule has 0 spiro atoms. The smallest absolute Gasteiger partial charge is 0.317 e. The Hall–Kier alpha value is -1.57. The molecule has 2 heterocycles. The van der Waals surface area contributed by atoms with E-state index in [-0.39, 0.29) is 6.42 Å². The van der Waals surface area contributed by atoms with E-state index >= 15 is 4.39 Å². The fourth-order valence-corrected chi connectivity index (χ4v) is 6.44. The maximum Gasteiger partial charge on any atom is 0.317 e. The van der Waals surface area contributed by atoms with Gasteiger partial charge in [-0.15, -0.1) is 11.6 Å². The Kier molecular flexibility index (Phi) is 4.72. The van der Waals surface area contributed by atoms with Crippen LogP contribution in [0.3, 0.4) is 0 Å². The Balaban J connectivity index is 1.69. The van der Waals surface area contributed by atoms with Crippen molar-refractivity contribution < 1.29 is 19.1 Å². The van der Waals surface area contributed by atoms with Crippen LogP contribution < -0.4 is 5.73 Å². The topological polar surface area (TPSA) is 83.6 Å². The number of carboxylic acid groups (broad SMARTS) is 1. The first kappa shape index (κ1) is 18.8. The zero-order valence-corrected chi connectivity index (χ0v) is 16.0. The lowest BCUT2D eigenvalue weighted by Gasteiger charge is -2.59. The first-order valence-corrected chi connectivity index (χ1v) is 10.1. The summed E-state index contributed by atoms with van der Waals surface area (Å²) in [5.41, 5.74) is 7.33. The molecule has 1 aromatic rings. The van der Waals surface area contributed by atoms with Crippen LogP contribution >= 0.6 is 23.4 Å². The molecule has 0 bridgehead atoms. The molecule has 3 aliphatic rings. The summed E-state index contributed by atoms with van der Waals surface area (Å²) in [6.45, 7) is 4.35. The number of aliphatic carboxylic acids is 1. The Morgan fingerprint density at radius 1 is 1.41 bits per heavy atom. The van der Waals surface area contributed by atoms with Gasteiger partial charge in [-0.05, 0) is 17.5 Å². The number of nitrogens with two attached hydrogens (primary N) is 1. The molecule has 1 aliphatic carbocycles.